The van der Waals surface area contributed by atoms with Crippen molar-refractivity contribution in [3.05, 3.63) is 58.3 Å². The molecule has 0 aliphatic carbocycles. The maximum atomic E-state index is 11.1. The Balaban J connectivity index is 2.21. The van der Waals surface area contributed by atoms with E-state index < -0.39 is 5.97 Å². The number of carboxylic acids is 1. The number of aromatic nitrogens is 1. The van der Waals surface area contributed by atoms with Crippen molar-refractivity contribution in [1.29, 1.82) is 0 Å². The van der Waals surface area contributed by atoms with E-state index in [0.717, 1.165) is 5.56 Å². The van der Waals surface area contributed by atoms with Crippen LogP contribution in [0.2, 0.25) is 0 Å². The normalized spacial score (nSPS) is 10.1. The molecule has 0 saturated carbocycles. The highest BCUT2D eigenvalue weighted by molar-refractivity contribution is 9.10. The fourth-order valence-corrected chi connectivity index (χ4v) is 1.94. The third-order valence-corrected chi connectivity index (χ3v) is 2.95. The van der Waals surface area contributed by atoms with Crippen molar-refractivity contribution < 1.29 is 14.6 Å². The van der Waals surface area contributed by atoms with E-state index in [0.29, 0.717) is 16.8 Å². The first-order valence-electron chi connectivity index (χ1n) is 5.22. The van der Waals surface area contributed by atoms with Crippen LogP contribution in [0.3, 0.4) is 0 Å². The van der Waals surface area contributed by atoms with Crippen LogP contribution in [0.15, 0.2) is 47.2 Å². The molecule has 0 amide bonds. The first-order valence-corrected chi connectivity index (χ1v) is 6.01. The topological polar surface area (TPSA) is 59.4 Å². The average molecular weight is 308 g/mol. The monoisotopic (exact) mass is 307 g/mol. The van der Waals surface area contributed by atoms with Gasteiger partial charge in [0, 0.05) is 12.4 Å². The molecule has 0 bridgehead atoms. The molecule has 1 N–H and O–H groups in total. The molecule has 2 rings (SSSR count). The first-order chi connectivity index (χ1) is 8.68. The maximum absolute atomic E-state index is 11.1. The third-order valence-electron chi connectivity index (χ3n) is 2.33. The standard InChI is InChI=1S/C13H10BrNO3/c14-11-3-1-2-10(13(16)17)12(11)18-8-9-4-6-15-7-5-9/h1-7H,8H2,(H,16,17). The molecular weight excluding hydrogens is 298 g/mol. The molecule has 0 unspecified atom stereocenters. The summed E-state index contributed by atoms with van der Waals surface area (Å²) in [7, 11) is 0. The van der Waals surface area contributed by atoms with Gasteiger partial charge in [0.25, 0.3) is 0 Å². The molecular formula is C13H10BrNO3. The van der Waals surface area contributed by atoms with Gasteiger partial charge in [-0.15, -0.1) is 0 Å². The number of rotatable bonds is 4. The SMILES string of the molecule is O=C(O)c1cccc(Br)c1OCc1ccncc1. The lowest BCUT2D eigenvalue weighted by Gasteiger charge is -2.10. The predicted octanol–water partition coefficient (Wildman–Crippen LogP) is 3.12. The molecule has 0 spiro atoms. The van der Waals surface area contributed by atoms with E-state index in [1.807, 2.05) is 12.1 Å². The number of benzene rings is 1. The summed E-state index contributed by atoms with van der Waals surface area (Å²) in [4.78, 5) is 15.0. The number of carboxylic acid groups (broad SMARTS) is 1. The van der Waals surface area contributed by atoms with Gasteiger partial charge in [-0.2, -0.15) is 0 Å². The van der Waals surface area contributed by atoms with Crippen LogP contribution >= 0.6 is 15.9 Å². The molecule has 0 atom stereocenters. The van der Waals surface area contributed by atoms with Crippen LogP contribution in [0.25, 0.3) is 0 Å². The zero-order valence-electron chi connectivity index (χ0n) is 9.34. The Hall–Kier alpha value is -1.88. The van der Waals surface area contributed by atoms with Crippen molar-refractivity contribution in [3.63, 3.8) is 0 Å². The van der Waals surface area contributed by atoms with Crippen LogP contribution in [-0.4, -0.2) is 16.1 Å². The Labute approximate surface area is 112 Å². The van der Waals surface area contributed by atoms with Gasteiger partial charge < -0.3 is 9.84 Å². The van der Waals surface area contributed by atoms with E-state index in [9.17, 15) is 4.79 Å². The molecule has 0 radical (unpaired) electrons. The Morgan fingerprint density at radius 3 is 2.67 bits per heavy atom. The van der Waals surface area contributed by atoms with Crippen molar-refractivity contribution in [3.8, 4) is 5.75 Å². The van der Waals surface area contributed by atoms with Gasteiger partial charge in [0.2, 0.25) is 0 Å². The lowest BCUT2D eigenvalue weighted by atomic mass is 10.2. The van der Waals surface area contributed by atoms with Crippen molar-refractivity contribution in [2.45, 2.75) is 6.61 Å². The summed E-state index contributed by atoms with van der Waals surface area (Å²) >= 11 is 3.29. The summed E-state index contributed by atoms with van der Waals surface area (Å²) in [6.45, 7) is 0.297. The zero-order chi connectivity index (χ0) is 13.0. The van der Waals surface area contributed by atoms with Gasteiger partial charge >= 0.3 is 5.97 Å². The Morgan fingerprint density at radius 1 is 1.28 bits per heavy atom. The number of halogens is 1. The number of ether oxygens (including phenoxy) is 1. The van der Waals surface area contributed by atoms with Gasteiger partial charge in [-0.3, -0.25) is 4.98 Å². The highest BCUT2D eigenvalue weighted by Crippen LogP contribution is 2.29. The Bertz CT molecular complexity index is 557. The molecule has 5 heteroatoms. The summed E-state index contributed by atoms with van der Waals surface area (Å²) in [5.41, 5.74) is 1.07. The smallest absolute Gasteiger partial charge is 0.339 e. The number of para-hydroxylation sites is 1. The van der Waals surface area contributed by atoms with E-state index in [-0.39, 0.29) is 5.56 Å². The average Bonchev–Trinajstić information content (AvgIpc) is 2.38. The van der Waals surface area contributed by atoms with Crippen LogP contribution in [0.1, 0.15) is 15.9 Å². The predicted molar refractivity (Wildman–Crippen MR) is 69.7 cm³/mol. The van der Waals surface area contributed by atoms with Gasteiger partial charge in [0.05, 0.1) is 4.47 Å². The number of aromatic carboxylic acids is 1. The molecule has 1 aromatic heterocycles. The van der Waals surface area contributed by atoms with Crippen molar-refractivity contribution in [1.82, 2.24) is 4.98 Å². The molecule has 1 heterocycles. The Kier molecular flexibility index (Phi) is 3.94. The van der Waals surface area contributed by atoms with Gasteiger partial charge in [-0.05, 0) is 45.8 Å². The summed E-state index contributed by atoms with van der Waals surface area (Å²) in [5, 5.41) is 9.08. The van der Waals surface area contributed by atoms with Crippen molar-refractivity contribution >= 4 is 21.9 Å². The Morgan fingerprint density at radius 2 is 2.00 bits per heavy atom. The summed E-state index contributed by atoms with van der Waals surface area (Å²) in [5.74, 6) is -0.678. The van der Waals surface area contributed by atoms with Crippen LogP contribution < -0.4 is 4.74 Å². The molecule has 4 nitrogen and oxygen atoms in total. The van der Waals surface area contributed by atoms with Crippen molar-refractivity contribution in [2.75, 3.05) is 0 Å². The number of nitrogens with zero attached hydrogens (tertiary/aromatic N) is 1. The van der Waals surface area contributed by atoms with Crippen LogP contribution in [0, 0.1) is 0 Å². The van der Waals surface area contributed by atoms with Gasteiger partial charge in [0.1, 0.15) is 17.9 Å². The molecule has 0 fully saturated rings. The second kappa shape index (κ2) is 5.64. The van der Waals surface area contributed by atoms with Crippen LogP contribution in [0.4, 0.5) is 0 Å². The van der Waals surface area contributed by atoms with E-state index >= 15 is 0 Å². The lowest BCUT2D eigenvalue weighted by molar-refractivity contribution is 0.0691. The second-order valence-electron chi connectivity index (χ2n) is 3.57. The number of pyridine rings is 1. The van der Waals surface area contributed by atoms with E-state index in [2.05, 4.69) is 20.9 Å². The summed E-state index contributed by atoms with van der Waals surface area (Å²) in [6.07, 6.45) is 3.33. The highest BCUT2D eigenvalue weighted by atomic mass is 79.9. The first kappa shape index (κ1) is 12.6. The highest BCUT2D eigenvalue weighted by Gasteiger charge is 2.14. The van der Waals surface area contributed by atoms with Gasteiger partial charge in [-0.25, -0.2) is 4.79 Å². The lowest BCUT2D eigenvalue weighted by Crippen LogP contribution is -2.04. The minimum absolute atomic E-state index is 0.137. The molecule has 2 aromatic rings. The summed E-state index contributed by atoms with van der Waals surface area (Å²) < 4.78 is 6.18. The van der Waals surface area contributed by atoms with Crippen molar-refractivity contribution in [2.24, 2.45) is 0 Å². The third kappa shape index (κ3) is 2.87. The van der Waals surface area contributed by atoms with Crippen LogP contribution in [-0.2, 0) is 6.61 Å². The molecule has 92 valence electrons. The van der Waals surface area contributed by atoms with Gasteiger partial charge in [-0.1, -0.05) is 6.07 Å². The van der Waals surface area contributed by atoms with Gasteiger partial charge in [0.15, 0.2) is 0 Å². The fraction of sp³-hybridized carbons (Fsp3) is 0.0769. The van der Waals surface area contributed by atoms with E-state index in [4.69, 9.17) is 9.84 Å². The largest absolute Gasteiger partial charge is 0.487 e. The van der Waals surface area contributed by atoms with Crippen LogP contribution in [0.5, 0.6) is 5.75 Å². The molecule has 0 aliphatic rings. The number of carbonyl (C=O) groups is 1. The summed E-state index contributed by atoms with van der Waals surface area (Å²) in [6, 6.07) is 8.55. The molecule has 0 aliphatic heterocycles. The fourth-order valence-electron chi connectivity index (χ4n) is 1.46. The minimum Gasteiger partial charge on any atom is -0.487 e. The quantitative estimate of drug-likeness (QED) is 0.943. The minimum atomic E-state index is -1.01. The second-order valence-corrected chi connectivity index (χ2v) is 4.42. The maximum Gasteiger partial charge on any atom is 0.339 e. The van der Waals surface area contributed by atoms with E-state index in [1.165, 1.54) is 6.07 Å². The molecule has 18 heavy (non-hydrogen) atoms. The number of hydrogen-bond acceptors (Lipinski definition) is 3. The van der Waals surface area contributed by atoms with E-state index in [1.54, 1.807) is 24.5 Å². The molecule has 0 saturated heterocycles. The number of hydrogen-bond donors (Lipinski definition) is 1. The molecule has 1 aromatic carbocycles. The zero-order valence-corrected chi connectivity index (χ0v) is 10.9.